The molecule has 5 N–H and O–H groups in total. The van der Waals surface area contributed by atoms with E-state index in [1.54, 1.807) is 53.4 Å². The van der Waals surface area contributed by atoms with Crippen molar-refractivity contribution in [3.8, 4) is 0 Å². The Balaban J connectivity index is 1.56. The van der Waals surface area contributed by atoms with Gasteiger partial charge in [-0.25, -0.2) is 9.59 Å². The molecule has 0 saturated carbocycles. The Morgan fingerprint density at radius 2 is 1.31 bits per heavy atom. The first-order chi connectivity index (χ1) is 25.5. The monoisotopic (exact) mass is 748 g/mol. The third-order valence-corrected chi connectivity index (χ3v) is 9.29. The Bertz CT molecular complexity index is 1580. The summed E-state index contributed by atoms with van der Waals surface area (Å²) in [7, 11) is 0. The zero-order valence-corrected chi connectivity index (χ0v) is 32.4. The number of rotatable bonds is 12. The van der Waals surface area contributed by atoms with Gasteiger partial charge in [0.25, 0.3) is 0 Å². The number of alkyl carbamates (subject to hydrolysis) is 2. The quantitative estimate of drug-likeness (QED) is 0.215. The molecule has 0 radical (unpaired) electrons. The summed E-state index contributed by atoms with van der Waals surface area (Å²) >= 11 is 0. The van der Waals surface area contributed by atoms with E-state index in [-0.39, 0.29) is 31.5 Å². The molecule has 2 aliphatic rings. The first kappa shape index (κ1) is 41.6. The number of hydrogen-bond donors (Lipinski definition) is 5. The van der Waals surface area contributed by atoms with Gasteiger partial charge in [0, 0.05) is 18.5 Å². The summed E-state index contributed by atoms with van der Waals surface area (Å²) in [5, 5.41) is 13.9. The molecule has 0 bridgehead atoms. The number of fused-ring (bicyclic) bond motifs is 1. The van der Waals surface area contributed by atoms with Gasteiger partial charge in [0.1, 0.15) is 29.3 Å². The molecular formula is C40H56N6O8. The Kier molecular flexibility index (Phi) is 14.1. The van der Waals surface area contributed by atoms with Gasteiger partial charge in [-0.05, 0) is 84.8 Å². The fourth-order valence-corrected chi connectivity index (χ4v) is 6.81. The molecule has 0 aromatic heterocycles. The van der Waals surface area contributed by atoms with Crippen molar-refractivity contribution < 1.29 is 38.2 Å². The summed E-state index contributed by atoms with van der Waals surface area (Å²) in [6.45, 7) is 11.6. The van der Waals surface area contributed by atoms with Crippen molar-refractivity contribution >= 4 is 35.8 Å². The van der Waals surface area contributed by atoms with Crippen LogP contribution in [0.1, 0.15) is 97.7 Å². The van der Waals surface area contributed by atoms with Gasteiger partial charge in [-0.3, -0.25) is 19.2 Å². The summed E-state index contributed by atoms with van der Waals surface area (Å²) in [6.07, 6.45) is 0.688. The molecule has 14 nitrogen and oxygen atoms in total. The summed E-state index contributed by atoms with van der Waals surface area (Å²) in [6, 6.07) is 15.5. The van der Waals surface area contributed by atoms with Gasteiger partial charge in [0.2, 0.25) is 23.6 Å². The second-order valence-corrected chi connectivity index (χ2v) is 15.8. The smallest absolute Gasteiger partial charge is 0.408 e. The fourth-order valence-electron chi connectivity index (χ4n) is 6.81. The van der Waals surface area contributed by atoms with Crippen LogP contribution in [0.2, 0.25) is 0 Å². The first-order valence-electron chi connectivity index (χ1n) is 18.7. The van der Waals surface area contributed by atoms with Crippen molar-refractivity contribution in [1.29, 1.82) is 0 Å². The molecular weight excluding hydrogens is 692 g/mol. The Hall–Kier alpha value is -5.14. The SMILES string of the molecule is CC[C@H](NC(=O)OC(C)(C)C)C(=O)N[C@@H]1C(=O)N2[C@@H](CC[C@@H]1CNC(=O)CNC(=O)OC(C)(C)C)CC[C@H]2C(=O)NC(c1ccccc1)c1ccccc1. The highest BCUT2D eigenvalue weighted by Gasteiger charge is 2.48. The third kappa shape index (κ3) is 11.9. The highest BCUT2D eigenvalue weighted by atomic mass is 16.6. The highest BCUT2D eigenvalue weighted by Crippen LogP contribution is 2.35. The van der Waals surface area contributed by atoms with E-state index in [1.807, 2.05) is 60.7 Å². The van der Waals surface area contributed by atoms with Crippen LogP contribution in [0.25, 0.3) is 0 Å². The standard InChI is InChI=1S/C40H56N6O8/c1-8-29(43-38(52)54-40(5,6)7)34(48)45-33-27(23-41-31(47)24-42-37(51)53-39(2,3)4)19-20-28-21-22-30(46(28)36(33)50)35(49)44-32(25-15-11-9-12-16-25)26-17-13-10-14-18-26/h9-18,27-30,32-33H,8,19-24H2,1-7H3,(H,41,47)(H,42,51)(H,43,52)(H,44,49)(H,45,48)/t27-,28+,29+,30+,33+/m1/s1. The number of nitrogens with zero attached hydrogens (tertiary/aromatic N) is 1. The van der Waals surface area contributed by atoms with Crippen molar-refractivity contribution in [1.82, 2.24) is 31.5 Å². The lowest BCUT2D eigenvalue weighted by molar-refractivity contribution is -0.143. The van der Waals surface area contributed by atoms with Gasteiger partial charge >= 0.3 is 12.2 Å². The van der Waals surface area contributed by atoms with Crippen LogP contribution in [0.5, 0.6) is 0 Å². The van der Waals surface area contributed by atoms with E-state index in [4.69, 9.17) is 9.47 Å². The maximum Gasteiger partial charge on any atom is 0.408 e. The number of nitrogens with one attached hydrogen (secondary N) is 5. The van der Waals surface area contributed by atoms with Crippen molar-refractivity contribution in [3.05, 3.63) is 71.8 Å². The molecule has 2 saturated heterocycles. The predicted molar refractivity (Wildman–Crippen MR) is 202 cm³/mol. The van der Waals surface area contributed by atoms with Crippen LogP contribution in [-0.2, 0) is 28.7 Å². The third-order valence-electron chi connectivity index (χ3n) is 9.29. The number of carbonyl (C=O) groups excluding carboxylic acids is 6. The number of hydrogen-bond acceptors (Lipinski definition) is 8. The average molecular weight is 749 g/mol. The maximum absolute atomic E-state index is 14.7. The van der Waals surface area contributed by atoms with Crippen LogP contribution in [0.15, 0.2) is 60.7 Å². The molecule has 2 aliphatic heterocycles. The summed E-state index contributed by atoms with van der Waals surface area (Å²) in [4.78, 5) is 81.8. The number of benzene rings is 2. The molecule has 294 valence electrons. The fraction of sp³-hybridized carbons (Fsp3) is 0.550. The maximum atomic E-state index is 14.7. The number of ether oxygens (including phenoxy) is 2. The molecule has 0 spiro atoms. The summed E-state index contributed by atoms with van der Waals surface area (Å²) in [5.74, 6) is -2.44. The van der Waals surface area contributed by atoms with Gasteiger partial charge < -0.3 is 41.0 Å². The molecule has 2 heterocycles. The zero-order valence-electron chi connectivity index (χ0n) is 32.4. The second kappa shape index (κ2) is 18.3. The van der Waals surface area contributed by atoms with Crippen LogP contribution in [0, 0.1) is 5.92 Å². The molecule has 2 fully saturated rings. The Labute approximate surface area is 317 Å². The average Bonchev–Trinajstić information content (AvgIpc) is 3.49. The first-order valence-corrected chi connectivity index (χ1v) is 18.7. The van der Waals surface area contributed by atoms with Crippen molar-refractivity contribution in [3.63, 3.8) is 0 Å². The lowest BCUT2D eigenvalue weighted by Gasteiger charge is -2.33. The predicted octanol–water partition coefficient (Wildman–Crippen LogP) is 4.09. The van der Waals surface area contributed by atoms with Crippen LogP contribution in [0.4, 0.5) is 9.59 Å². The molecule has 14 heteroatoms. The topological polar surface area (TPSA) is 184 Å². The van der Waals surface area contributed by atoms with Crippen molar-refractivity contribution in [2.24, 2.45) is 5.92 Å². The van der Waals surface area contributed by atoms with E-state index in [1.165, 1.54) is 0 Å². The Morgan fingerprint density at radius 3 is 1.87 bits per heavy atom. The molecule has 0 unspecified atom stereocenters. The van der Waals surface area contributed by atoms with Gasteiger partial charge in [-0.15, -0.1) is 0 Å². The number of carbonyl (C=O) groups is 6. The largest absolute Gasteiger partial charge is 0.444 e. The van der Waals surface area contributed by atoms with Crippen molar-refractivity contribution in [2.75, 3.05) is 13.1 Å². The highest BCUT2D eigenvalue weighted by molar-refractivity contribution is 5.95. The minimum Gasteiger partial charge on any atom is -0.444 e. The molecule has 0 aliphatic carbocycles. The molecule has 6 amide bonds. The van der Waals surface area contributed by atoms with E-state index < -0.39 is 71.2 Å². The lowest BCUT2D eigenvalue weighted by atomic mass is 9.92. The van der Waals surface area contributed by atoms with Crippen LogP contribution in [-0.4, -0.2) is 89.2 Å². The van der Waals surface area contributed by atoms with E-state index in [9.17, 15) is 28.8 Å². The van der Waals surface area contributed by atoms with Crippen LogP contribution >= 0.6 is 0 Å². The van der Waals surface area contributed by atoms with Crippen LogP contribution < -0.4 is 26.6 Å². The minimum absolute atomic E-state index is 0.00329. The Morgan fingerprint density at radius 1 is 0.759 bits per heavy atom. The molecule has 4 rings (SSSR count). The molecule has 2 aromatic rings. The zero-order chi connectivity index (χ0) is 39.6. The summed E-state index contributed by atoms with van der Waals surface area (Å²) < 4.78 is 10.6. The summed E-state index contributed by atoms with van der Waals surface area (Å²) in [5.41, 5.74) is 0.240. The van der Waals surface area contributed by atoms with Gasteiger partial charge in [0.15, 0.2) is 0 Å². The van der Waals surface area contributed by atoms with Gasteiger partial charge in [-0.1, -0.05) is 67.6 Å². The van der Waals surface area contributed by atoms with E-state index in [0.29, 0.717) is 25.7 Å². The van der Waals surface area contributed by atoms with Gasteiger partial charge in [0.05, 0.1) is 12.6 Å². The van der Waals surface area contributed by atoms with Gasteiger partial charge in [-0.2, -0.15) is 0 Å². The molecule has 54 heavy (non-hydrogen) atoms. The lowest BCUT2D eigenvalue weighted by Crippen LogP contribution is -2.60. The van der Waals surface area contributed by atoms with E-state index in [0.717, 1.165) is 11.1 Å². The number of amides is 6. The van der Waals surface area contributed by atoms with Crippen LogP contribution in [0.3, 0.4) is 0 Å². The van der Waals surface area contributed by atoms with E-state index in [2.05, 4.69) is 26.6 Å². The molecule has 5 atom stereocenters. The second-order valence-electron chi connectivity index (χ2n) is 15.8. The minimum atomic E-state index is -1.14. The van der Waals surface area contributed by atoms with E-state index >= 15 is 0 Å². The normalized spacial score (nSPS) is 20.5. The van der Waals surface area contributed by atoms with Crippen molar-refractivity contribution in [2.45, 2.75) is 122 Å². The molecule has 2 aromatic carbocycles.